The summed E-state index contributed by atoms with van der Waals surface area (Å²) in [5.41, 5.74) is 4.45. The van der Waals surface area contributed by atoms with Crippen LogP contribution in [0, 0.1) is 11.3 Å². The van der Waals surface area contributed by atoms with Crippen LogP contribution < -0.4 is 10.1 Å². The van der Waals surface area contributed by atoms with Crippen LogP contribution >= 0.6 is 11.6 Å². The van der Waals surface area contributed by atoms with E-state index in [2.05, 4.69) is 16.5 Å². The van der Waals surface area contributed by atoms with E-state index in [1.807, 2.05) is 42.6 Å². The van der Waals surface area contributed by atoms with E-state index in [1.54, 1.807) is 23.9 Å². The first-order valence-electron chi connectivity index (χ1n) is 9.01. The van der Waals surface area contributed by atoms with Crippen LogP contribution in [0.3, 0.4) is 0 Å². The number of amides is 1. The molecule has 7 heteroatoms. The van der Waals surface area contributed by atoms with Crippen molar-refractivity contribution in [2.45, 2.75) is 13.0 Å². The lowest BCUT2D eigenvalue weighted by atomic mass is 10.0. The van der Waals surface area contributed by atoms with Gasteiger partial charge in [0.05, 0.1) is 37.5 Å². The van der Waals surface area contributed by atoms with Gasteiger partial charge < -0.3 is 10.1 Å². The van der Waals surface area contributed by atoms with Crippen molar-refractivity contribution in [2.24, 2.45) is 0 Å². The topological polar surface area (TPSA) is 79.9 Å². The first-order valence-corrected chi connectivity index (χ1v) is 9.38. The third kappa shape index (κ3) is 3.73. The summed E-state index contributed by atoms with van der Waals surface area (Å²) in [6, 6.07) is 15.0. The van der Waals surface area contributed by atoms with Gasteiger partial charge in [0.25, 0.3) is 5.91 Å². The molecule has 1 aliphatic heterocycles. The molecule has 0 spiro atoms. The van der Waals surface area contributed by atoms with E-state index in [4.69, 9.17) is 21.6 Å². The smallest absolute Gasteiger partial charge is 0.256 e. The van der Waals surface area contributed by atoms with Crippen molar-refractivity contribution in [1.29, 1.82) is 5.26 Å². The molecule has 0 aliphatic carbocycles. The second-order valence-corrected chi connectivity index (χ2v) is 6.97. The van der Waals surface area contributed by atoms with Crippen LogP contribution in [0.15, 0.2) is 48.7 Å². The van der Waals surface area contributed by atoms with Crippen LogP contribution in [0.25, 0.3) is 22.9 Å². The number of nitrogens with one attached hydrogen (secondary N) is 1. The van der Waals surface area contributed by atoms with Crippen LogP contribution in [0.2, 0.25) is 5.02 Å². The van der Waals surface area contributed by atoms with Crippen molar-refractivity contribution in [2.75, 3.05) is 12.4 Å². The van der Waals surface area contributed by atoms with Crippen LogP contribution in [-0.4, -0.2) is 22.8 Å². The minimum Gasteiger partial charge on any atom is -0.497 e. The Balaban J connectivity index is 1.80. The average molecular weight is 405 g/mol. The highest BCUT2D eigenvalue weighted by Crippen LogP contribution is 2.36. The van der Waals surface area contributed by atoms with Gasteiger partial charge in [0.15, 0.2) is 0 Å². The highest BCUT2D eigenvalue weighted by atomic mass is 35.5. The molecular weight excluding hydrogens is 388 g/mol. The van der Waals surface area contributed by atoms with Crippen LogP contribution in [-0.2, 0) is 11.3 Å². The Kier molecular flexibility index (Phi) is 5.07. The molecule has 0 bridgehead atoms. The second kappa shape index (κ2) is 7.82. The van der Waals surface area contributed by atoms with Gasteiger partial charge in [-0.25, -0.2) is 0 Å². The van der Waals surface area contributed by atoms with Crippen molar-refractivity contribution < 1.29 is 9.53 Å². The highest BCUT2D eigenvalue weighted by molar-refractivity contribution is 6.36. The van der Waals surface area contributed by atoms with Gasteiger partial charge in [0, 0.05) is 33.5 Å². The molecule has 0 radical (unpaired) electrons. The Bertz CT molecular complexity index is 1160. The zero-order valence-corrected chi connectivity index (χ0v) is 16.4. The lowest BCUT2D eigenvalue weighted by Gasteiger charge is -2.03. The molecule has 0 atom stereocenters. The number of carbonyl (C=O) groups excluding carboxylic acids is 1. The molecule has 1 amide bonds. The number of aromatic nitrogens is 2. The van der Waals surface area contributed by atoms with E-state index in [0.717, 1.165) is 28.1 Å². The number of halogens is 1. The maximum atomic E-state index is 12.5. The summed E-state index contributed by atoms with van der Waals surface area (Å²) in [6.07, 6.45) is 4.02. The molecule has 0 fully saturated rings. The molecule has 2 heterocycles. The summed E-state index contributed by atoms with van der Waals surface area (Å²) in [7, 11) is 1.61. The number of anilines is 1. The fourth-order valence-corrected chi connectivity index (χ4v) is 3.43. The monoisotopic (exact) mass is 404 g/mol. The molecule has 1 N–H and O–H groups in total. The standard InChI is InChI=1S/C22H17ClN4O2/c1-29-17-6-3-14(4-7-17)21-15(13-27(26-21)10-2-9-24)11-19-18-8-5-16(23)12-20(18)25-22(19)28/h3-8,11-13H,2,10H2,1H3,(H,25,28). The fourth-order valence-electron chi connectivity index (χ4n) is 3.26. The number of aryl methyl sites for hydroxylation is 1. The Morgan fingerprint density at radius 1 is 1.28 bits per heavy atom. The predicted octanol–water partition coefficient (Wildman–Crippen LogP) is 4.62. The summed E-state index contributed by atoms with van der Waals surface area (Å²) in [5, 5.41) is 16.9. The maximum Gasteiger partial charge on any atom is 0.256 e. The second-order valence-electron chi connectivity index (χ2n) is 6.53. The van der Waals surface area contributed by atoms with Gasteiger partial charge in [-0.05, 0) is 42.5 Å². The number of nitriles is 1. The minimum atomic E-state index is -0.187. The molecule has 6 nitrogen and oxygen atoms in total. The van der Waals surface area contributed by atoms with Gasteiger partial charge in [-0.15, -0.1) is 0 Å². The summed E-state index contributed by atoms with van der Waals surface area (Å²) in [4.78, 5) is 12.5. The number of carbonyl (C=O) groups is 1. The van der Waals surface area contributed by atoms with Crippen LogP contribution in [0.1, 0.15) is 17.5 Å². The summed E-state index contributed by atoms with van der Waals surface area (Å²) < 4.78 is 6.95. The zero-order valence-electron chi connectivity index (χ0n) is 15.6. The first-order chi connectivity index (χ1) is 14.1. The highest BCUT2D eigenvalue weighted by Gasteiger charge is 2.25. The normalized spacial score (nSPS) is 13.8. The number of hydrogen-bond acceptors (Lipinski definition) is 4. The molecule has 1 aromatic heterocycles. The summed E-state index contributed by atoms with van der Waals surface area (Å²) >= 11 is 6.04. The van der Waals surface area contributed by atoms with Crippen molar-refractivity contribution in [3.8, 4) is 23.1 Å². The van der Waals surface area contributed by atoms with Gasteiger partial charge in [-0.1, -0.05) is 17.7 Å². The molecule has 0 unspecified atom stereocenters. The number of fused-ring (bicyclic) bond motifs is 1. The third-order valence-electron chi connectivity index (χ3n) is 4.67. The largest absolute Gasteiger partial charge is 0.497 e. The van der Waals surface area contributed by atoms with Crippen molar-refractivity contribution in [3.63, 3.8) is 0 Å². The predicted molar refractivity (Wildman–Crippen MR) is 112 cm³/mol. The molecule has 2 aromatic carbocycles. The Morgan fingerprint density at radius 2 is 2.07 bits per heavy atom. The molecule has 0 saturated carbocycles. The lowest BCUT2D eigenvalue weighted by molar-refractivity contribution is -0.110. The number of nitrogens with zero attached hydrogens (tertiary/aromatic N) is 3. The molecular formula is C22H17ClN4O2. The van der Waals surface area contributed by atoms with Crippen molar-refractivity contribution >= 4 is 34.8 Å². The van der Waals surface area contributed by atoms with E-state index in [1.165, 1.54) is 0 Å². The van der Waals surface area contributed by atoms with Crippen molar-refractivity contribution in [3.05, 3.63) is 64.8 Å². The molecule has 4 rings (SSSR count). The van der Waals surface area contributed by atoms with Gasteiger partial charge in [-0.3, -0.25) is 9.48 Å². The number of rotatable bonds is 5. The number of ether oxygens (including phenoxy) is 1. The Labute approximate surface area is 173 Å². The quantitative estimate of drug-likeness (QED) is 0.629. The van der Waals surface area contributed by atoms with Gasteiger partial charge in [0.1, 0.15) is 5.75 Å². The van der Waals surface area contributed by atoms with Gasteiger partial charge in [-0.2, -0.15) is 10.4 Å². The van der Waals surface area contributed by atoms with Gasteiger partial charge in [0.2, 0.25) is 0 Å². The van der Waals surface area contributed by atoms with Crippen LogP contribution in [0.4, 0.5) is 5.69 Å². The van der Waals surface area contributed by atoms with E-state index < -0.39 is 0 Å². The SMILES string of the molecule is COc1ccc(-c2nn(CCC#N)cc2C=C2C(=O)Nc3cc(Cl)ccc32)cc1. The summed E-state index contributed by atoms with van der Waals surface area (Å²) in [5.74, 6) is 0.561. The third-order valence-corrected chi connectivity index (χ3v) is 4.91. The van der Waals surface area contributed by atoms with E-state index in [0.29, 0.717) is 29.2 Å². The Morgan fingerprint density at radius 3 is 2.79 bits per heavy atom. The maximum absolute atomic E-state index is 12.5. The zero-order chi connectivity index (χ0) is 20.4. The number of benzene rings is 2. The van der Waals surface area contributed by atoms with E-state index >= 15 is 0 Å². The first kappa shape index (κ1) is 18.8. The number of hydrogen-bond donors (Lipinski definition) is 1. The van der Waals surface area contributed by atoms with Gasteiger partial charge >= 0.3 is 0 Å². The minimum absolute atomic E-state index is 0.187. The molecule has 144 valence electrons. The molecule has 0 saturated heterocycles. The molecule has 3 aromatic rings. The average Bonchev–Trinajstić information content (AvgIpc) is 3.27. The lowest BCUT2D eigenvalue weighted by Crippen LogP contribution is -2.03. The van der Waals surface area contributed by atoms with Crippen LogP contribution in [0.5, 0.6) is 5.75 Å². The van der Waals surface area contributed by atoms with Crippen molar-refractivity contribution in [1.82, 2.24) is 9.78 Å². The number of methoxy groups -OCH3 is 1. The molecule has 29 heavy (non-hydrogen) atoms. The Hall–Kier alpha value is -3.56. The summed E-state index contributed by atoms with van der Waals surface area (Å²) in [6.45, 7) is 0.473. The molecule has 1 aliphatic rings. The fraction of sp³-hybridized carbons (Fsp3) is 0.136. The van der Waals surface area contributed by atoms with E-state index in [-0.39, 0.29) is 5.91 Å². The van der Waals surface area contributed by atoms with E-state index in [9.17, 15) is 4.79 Å².